The lowest BCUT2D eigenvalue weighted by molar-refractivity contribution is 0.256. The summed E-state index contributed by atoms with van der Waals surface area (Å²) < 4.78 is 13.5. The van der Waals surface area contributed by atoms with Crippen molar-refractivity contribution >= 4 is 11.8 Å². The molecule has 0 radical (unpaired) electrons. The Morgan fingerprint density at radius 1 is 1.39 bits per heavy atom. The van der Waals surface area contributed by atoms with Crippen LogP contribution in [0.4, 0.5) is 4.39 Å². The van der Waals surface area contributed by atoms with E-state index in [-0.39, 0.29) is 11.9 Å². The molecule has 1 aliphatic carbocycles. The summed E-state index contributed by atoms with van der Waals surface area (Å²) in [6, 6.07) is 7.13. The standard InChI is InChI=1S/C15H22FNS/c1-11-5-4-6-12(9-11)14(17)10-18-15-8-3-2-7-13(15)16/h2-3,7-8,11-12,14H,4-6,9-10,17H2,1H3. The van der Waals surface area contributed by atoms with Gasteiger partial charge < -0.3 is 5.73 Å². The first-order valence-corrected chi connectivity index (χ1v) is 7.78. The number of nitrogens with two attached hydrogens (primary N) is 1. The molecule has 3 unspecified atom stereocenters. The van der Waals surface area contributed by atoms with Crippen molar-refractivity contribution in [1.29, 1.82) is 0 Å². The second-order valence-electron chi connectivity index (χ2n) is 5.44. The first-order valence-electron chi connectivity index (χ1n) is 6.79. The van der Waals surface area contributed by atoms with Crippen LogP contribution < -0.4 is 5.73 Å². The SMILES string of the molecule is CC1CCCC(C(N)CSc2ccccc2F)C1. The highest BCUT2D eigenvalue weighted by Crippen LogP contribution is 2.32. The average molecular weight is 267 g/mol. The van der Waals surface area contributed by atoms with Crippen LogP contribution in [0.3, 0.4) is 0 Å². The molecule has 0 aromatic heterocycles. The second-order valence-corrected chi connectivity index (χ2v) is 6.50. The van der Waals surface area contributed by atoms with Gasteiger partial charge in [0.05, 0.1) is 0 Å². The van der Waals surface area contributed by atoms with E-state index in [4.69, 9.17) is 5.73 Å². The summed E-state index contributed by atoms with van der Waals surface area (Å²) in [4.78, 5) is 0.719. The van der Waals surface area contributed by atoms with Gasteiger partial charge in [-0.25, -0.2) is 4.39 Å². The average Bonchev–Trinajstić information content (AvgIpc) is 2.37. The Labute approximate surface area is 113 Å². The molecule has 3 atom stereocenters. The highest BCUT2D eigenvalue weighted by Gasteiger charge is 2.24. The molecule has 2 rings (SSSR count). The molecule has 0 heterocycles. The largest absolute Gasteiger partial charge is 0.327 e. The van der Waals surface area contributed by atoms with E-state index in [9.17, 15) is 4.39 Å². The smallest absolute Gasteiger partial charge is 0.136 e. The van der Waals surface area contributed by atoms with E-state index >= 15 is 0 Å². The Hall–Kier alpha value is -0.540. The molecule has 3 heteroatoms. The first-order chi connectivity index (χ1) is 8.66. The van der Waals surface area contributed by atoms with E-state index < -0.39 is 0 Å². The third-order valence-corrected chi connectivity index (χ3v) is 5.04. The van der Waals surface area contributed by atoms with Gasteiger partial charge in [0, 0.05) is 16.7 Å². The van der Waals surface area contributed by atoms with E-state index in [1.807, 2.05) is 12.1 Å². The quantitative estimate of drug-likeness (QED) is 0.832. The van der Waals surface area contributed by atoms with E-state index in [0.717, 1.165) is 16.6 Å². The van der Waals surface area contributed by atoms with Crippen molar-refractivity contribution in [3.8, 4) is 0 Å². The fraction of sp³-hybridized carbons (Fsp3) is 0.600. The Morgan fingerprint density at radius 3 is 2.89 bits per heavy atom. The van der Waals surface area contributed by atoms with Gasteiger partial charge in [-0.15, -0.1) is 11.8 Å². The third-order valence-electron chi connectivity index (χ3n) is 3.85. The van der Waals surface area contributed by atoms with Gasteiger partial charge in [0.15, 0.2) is 0 Å². The summed E-state index contributed by atoms with van der Waals surface area (Å²) >= 11 is 1.55. The predicted molar refractivity (Wildman–Crippen MR) is 76.2 cm³/mol. The number of hydrogen-bond donors (Lipinski definition) is 1. The Kier molecular flexibility index (Phi) is 5.07. The summed E-state index contributed by atoms with van der Waals surface area (Å²) in [5, 5.41) is 0. The van der Waals surface area contributed by atoms with Crippen LogP contribution in [0.15, 0.2) is 29.2 Å². The van der Waals surface area contributed by atoms with Crippen LogP contribution in [-0.4, -0.2) is 11.8 Å². The molecule has 0 saturated heterocycles. The van der Waals surface area contributed by atoms with Crippen molar-refractivity contribution in [3.63, 3.8) is 0 Å². The molecule has 1 aliphatic rings. The van der Waals surface area contributed by atoms with Crippen molar-refractivity contribution in [2.45, 2.75) is 43.5 Å². The van der Waals surface area contributed by atoms with Crippen molar-refractivity contribution in [1.82, 2.24) is 0 Å². The molecule has 1 saturated carbocycles. The summed E-state index contributed by atoms with van der Waals surface area (Å²) in [7, 11) is 0. The third kappa shape index (κ3) is 3.72. The van der Waals surface area contributed by atoms with Gasteiger partial charge in [-0.1, -0.05) is 31.9 Å². The Balaban J connectivity index is 1.84. The molecular formula is C15H22FNS. The summed E-state index contributed by atoms with van der Waals surface area (Å²) in [6.07, 6.45) is 5.11. The van der Waals surface area contributed by atoms with Crippen LogP contribution in [0.1, 0.15) is 32.6 Å². The van der Waals surface area contributed by atoms with Crippen molar-refractivity contribution in [2.24, 2.45) is 17.6 Å². The molecular weight excluding hydrogens is 245 g/mol. The van der Waals surface area contributed by atoms with Gasteiger partial charge in [-0.2, -0.15) is 0 Å². The van der Waals surface area contributed by atoms with Gasteiger partial charge in [0.2, 0.25) is 0 Å². The minimum atomic E-state index is -0.133. The zero-order valence-corrected chi connectivity index (χ0v) is 11.8. The minimum absolute atomic E-state index is 0.133. The van der Waals surface area contributed by atoms with Crippen molar-refractivity contribution < 1.29 is 4.39 Å². The number of benzene rings is 1. The molecule has 100 valence electrons. The molecule has 1 nitrogen and oxygen atoms in total. The Morgan fingerprint density at radius 2 is 2.17 bits per heavy atom. The van der Waals surface area contributed by atoms with Crippen LogP contribution in [0.25, 0.3) is 0 Å². The van der Waals surface area contributed by atoms with Crippen LogP contribution in [0, 0.1) is 17.7 Å². The van der Waals surface area contributed by atoms with E-state index in [1.165, 1.54) is 31.7 Å². The number of hydrogen-bond acceptors (Lipinski definition) is 2. The maximum atomic E-state index is 13.5. The Bertz CT molecular complexity index is 383. The van der Waals surface area contributed by atoms with Crippen LogP contribution in [0.2, 0.25) is 0 Å². The molecule has 2 N–H and O–H groups in total. The molecule has 0 spiro atoms. The maximum Gasteiger partial charge on any atom is 0.136 e. The summed E-state index contributed by atoms with van der Waals surface area (Å²) in [6.45, 7) is 2.31. The summed E-state index contributed by atoms with van der Waals surface area (Å²) in [5.74, 6) is 2.10. The summed E-state index contributed by atoms with van der Waals surface area (Å²) in [5.41, 5.74) is 6.27. The topological polar surface area (TPSA) is 26.0 Å². The number of halogens is 1. The molecule has 18 heavy (non-hydrogen) atoms. The lowest BCUT2D eigenvalue weighted by Crippen LogP contribution is -2.35. The minimum Gasteiger partial charge on any atom is -0.327 e. The van der Waals surface area contributed by atoms with Gasteiger partial charge in [0.25, 0.3) is 0 Å². The highest BCUT2D eigenvalue weighted by atomic mass is 32.2. The second kappa shape index (κ2) is 6.58. The van der Waals surface area contributed by atoms with E-state index in [0.29, 0.717) is 5.92 Å². The molecule has 0 aliphatic heterocycles. The lowest BCUT2D eigenvalue weighted by atomic mass is 9.79. The maximum absolute atomic E-state index is 13.5. The van der Waals surface area contributed by atoms with Gasteiger partial charge in [-0.3, -0.25) is 0 Å². The van der Waals surface area contributed by atoms with E-state index in [2.05, 4.69) is 6.92 Å². The van der Waals surface area contributed by atoms with E-state index in [1.54, 1.807) is 17.8 Å². The molecule has 0 bridgehead atoms. The van der Waals surface area contributed by atoms with Crippen LogP contribution >= 0.6 is 11.8 Å². The van der Waals surface area contributed by atoms with Crippen molar-refractivity contribution in [3.05, 3.63) is 30.1 Å². The molecule has 1 fully saturated rings. The van der Waals surface area contributed by atoms with Gasteiger partial charge in [-0.05, 0) is 36.8 Å². The monoisotopic (exact) mass is 267 g/mol. The zero-order valence-electron chi connectivity index (χ0n) is 10.9. The molecule has 1 aromatic rings. The van der Waals surface area contributed by atoms with Crippen LogP contribution in [-0.2, 0) is 0 Å². The van der Waals surface area contributed by atoms with Gasteiger partial charge in [0.1, 0.15) is 5.82 Å². The first kappa shape index (κ1) is 13.9. The van der Waals surface area contributed by atoms with Gasteiger partial charge >= 0.3 is 0 Å². The fourth-order valence-electron chi connectivity index (χ4n) is 2.75. The molecule has 1 aromatic carbocycles. The predicted octanol–water partition coefficient (Wildman–Crippen LogP) is 4.07. The number of thioether (sulfide) groups is 1. The zero-order chi connectivity index (χ0) is 13.0. The lowest BCUT2D eigenvalue weighted by Gasteiger charge is -2.31. The molecule has 0 amide bonds. The highest BCUT2D eigenvalue weighted by molar-refractivity contribution is 7.99. The van der Waals surface area contributed by atoms with Crippen LogP contribution in [0.5, 0.6) is 0 Å². The van der Waals surface area contributed by atoms with Crippen molar-refractivity contribution in [2.75, 3.05) is 5.75 Å². The fourth-order valence-corrected chi connectivity index (χ4v) is 3.78. The number of rotatable bonds is 4. The normalized spacial score (nSPS) is 25.9.